The second-order valence-electron chi connectivity index (χ2n) is 7.68. The van der Waals surface area contributed by atoms with E-state index in [1.165, 1.54) is 10.4 Å². The van der Waals surface area contributed by atoms with Crippen LogP contribution in [0, 0.1) is 6.92 Å². The molecule has 1 aliphatic rings. The molecule has 1 aliphatic heterocycles. The van der Waals surface area contributed by atoms with Crippen LogP contribution in [0.3, 0.4) is 0 Å². The number of nitrogens with zero attached hydrogens (tertiary/aromatic N) is 2. The Bertz CT molecular complexity index is 1280. The minimum Gasteiger partial charge on any atom is -0.461 e. The number of ether oxygens (including phenoxy) is 1. The van der Waals surface area contributed by atoms with Crippen LogP contribution in [0.25, 0.3) is 11.0 Å². The summed E-state index contributed by atoms with van der Waals surface area (Å²) in [5, 5.41) is 0.643. The fourth-order valence-corrected chi connectivity index (χ4v) is 5.02. The van der Waals surface area contributed by atoms with Gasteiger partial charge in [0.05, 0.1) is 4.90 Å². The summed E-state index contributed by atoms with van der Waals surface area (Å²) in [4.78, 5) is 26.7. The Morgan fingerprint density at radius 2 is 1.72 bits per heavy atom. The number of fused-ring (bicyclic) bond motifs is 1. The number of para-hydroxylation sites is 1. The molecule has 1 saturated heterocycles. The van der Waals surface area contributed by atoms with Crippen LogP contribution in [0.2, 0.25) is 0 Å². The number of aryl methyl sites for hydroxylation is 1. The smallest absolute Gasteiger partial charge is 0.351 e. The van der Waals surface area contributed by atoms with Gasteiger partial charge < -0.3 is 9.15 Å². The molecule has 0 unspecified atom stereocenters. The zero-order chi connectivity index (χ0) is 22.7. The number of hydrogen-bond donors (Lipinski definition) is 0. The van der Waals surface area contributed by atoms with Crippen LogP contribution in [0.4, 0.5) is 0 Å². The molecule has 32 heavy (non-hydrogen) atoms. The number of rotatable bonds is 6. The lowest BCUT2D eigenvalue weighted by molar-refractivity contribution is 0.0440. The molecular weight excluding hydrogens is 432 g/mol. The maximum absolute atomic E-state index is 12.8. The van der Waals surface area contributed by atoms with Crippen molar-refractivity contribution in [2.45, 2.75) is 11.8 Å². The van der Waals surface area contributed by atoms with Gasteiger partial charge in [0.25, 0.3) is 0 Å². The Morgan fingerprint density at radius 3 is 2.44 bits per heavy atom. The average molecular weight is 457 g/mol. The fraction of sp³-hybridized carbons (Fsp3) is 0.304. The number of sulfonamides is 1. The van der Waals surface area contributed by atoms with Crippen molar-refractivity contribution in [1.29, 1.82) is 0 Å². The van der Waals surface area contributed by atoms with Gasteiger partial charge in [-0.1, -0.05) is 35.9 Å². The maximum atomic E-state index is 12.8. The van der Waals surface area contributed by atoms with Crippen molar-refractivity contribution in [3.8, 4) is 0 Å². The molecule has 168 valence electrons. The number of carbonyl (C=O) groups excluding carboxylic acids is 1. The Hall–Kier alpha value is -3.01. The molecule has 9 heteroatoms. The first-order chi connectivity index (χ1) is 15.3. The van der Waals surface area contributed by atoms with E-state index in [4.69, 9.17) is 9.15 Å². The molecule has 4 rings (SSSR count). The van der Waals surface area contributed by atoms with Crippen LogP contribution >= 0.6 is 0 Å². The van der Waals surface area contributed by atoms with Gasteiger partial charge in [-0.25, -0.2) is 18.0 Å². The van der Waals surface area contributed by atoms with Crippen molar-refractivity contribution >= 4 is 27.0 Å². The summed E-state index contributed by atoms with van der Waals surface area (Å²) in [5.74, 6) is -0.731. The predicted octanol–water partition coefficient (Wildman–Crippen LogP) is 2.26. The summed E-state index contributed by atoms with van der Waals surface area (Å²) in [6, 6.07) is 15.2. The van der Waals surface area contributed by atoms with Crippen LogP contribution in [0.15, 0.2) is 68.7 Å². The van der Waals surface area contributed by atoms with Gasteiger partial charge in [-0.15, -0.1) is 0 Å². The first-order valence-electron chi connectivity index (χ1n) is 10.3. The lowest BCUT2D eigenvalue weighted by atomic mass is 10.2. The molecule has 0 radical (unpaired) electrons. The van der Waals surface area contributed by atoms with Crippen LogP contribution < -0.4 is 5.63 Å². The zero-order valence-corrected chi connectivity index (χ0v) is 18.5. The van der Waals surface area contributed by atoms with E-state index in [2.05, 4.69) is 0 Å². The first-order valence-corrected chi connectivity index (χ1v) is 11.8. The molecule has 2 aromatic carbocycles. The van der Waals surface area contributed by atoms with Crippen molar-refractivity contribution < 1.29 is 22.4 Å². The van der Waals surface area contributed by atoms with E-state index in [0.717, 1.165) is 5.56 Å². The van der Waals surface area contributed by atoms with Gasteiger partial charge in [0.2, 0.25) is 10.0 Å². The fourth-order valence-electron chi connectivity index (χ4n) is 3.60. The van der Waals surface area contributed by atoms with Gasteiger partial charge in [-0.05, 0) is 31.2 Å². The largest absolute Gasteiger partial charge is 0.461 e. The minimum absolute atomic E-state index is 0.0931. The van der Waals surface area contributed by atoms with E-state index in [9.17, 15) is 18.0 Å². The Balaban J connectivity index is 1.29. The van der Waals surface area contributed by atoms with Crippen LogP contribution in [-0.2, 0) is 14.8 Å². The van der Waals surface area contributed by atoms with Gasteiger partial charge >= 0.3 is 11.6 Å². The molecule has 2 heterocycles. The molecule has 0 atom stereocenters. The zero-order valence-electron chi connectivity index (χ0n) is 17.7. The molecule has 0 spiro atoms. The van der Waals surface area contributed by atoms with E-state index in [0.29, 0.717) is 48.6 Å². The van der Waals surface area contributed by atoms with Gasteiger partial charge in [0, 0.05) is 38.1 Å². The van der Waals surface area contributed by atoms with Crippen LogP contribution in [-0.4, -0.2) is 62.9 Å². The highest BCUT2D eigenvalue weighted by Gasteiger charge is 2.28. The Labute approximate surface area is 186 Å². The van der Waals surface area contributed by atoms with E-state index in [1.807, 2.05) is 11.8 Å². The van der Waals surface area contributed by atoms with Gasteiger partial charge in [-0.3, -0.25) is 4.90 Å². The average Bonchev–Trinajstić information content (AvgIpc) is 2.79. The maximum Gasteiger partial charge on any atom is 0.351 e. The lowest BCUT2D eigenvalue weighted by Crippen LogP contribution is -2.49. The summed E-state index contributed by atoms with van der Waals surface area (Å²) >= 11 is 0. The third-order valence-corrected chi connectivity index (χ3v) is 7.40. The molecule has 0 amide bonds. The molecule has 0 saturated carbocycles. The van der Waals surface area contributed by atoms with Crippen molar-refractivity contribution in [3.05, 3.63) is 76.1 Å². The third-order valence-electron chi connectivity index (χ3n) is 5.49. The molecule has 0 aliphatic carbocycles. The number of esters is 1. The highest BCUT2D eigenvalue weighted by atomic mass is 32.2. The standard InChI is InChI=1S/C23H24N2O6S/c1-17-6-8-19(9-7-17)32(28,29)25-12-10-24(11-13-25)14-15-30-22(26)20-16-18-4-2-3-5-21(18)31-23(20)27/h2-9,16H,10-15H2,1H3. The summed E-state index contributed by atoms with van der Waals surface area (Å²) < 4.78 is 37.5. The molecule has 0 bridgehead atoms. The number of carbonyl (C=O) groups is 1. The lowest BCUT2D eigenvalue weighted by Gasteiger charge is -2.33. The van der Waals surface area contributed by atoms with Crippen molar-refractivity contribution in [3.63, 3.8) is 0 Å². The van der Waals surface area contributed by atoms with E-state index in [-0.39, 0.29) is 12.2 Å². The summed E-state index contributed by atoms with van der Waals surface area (Å²) in [6.07, 6.45) is 0. The topological polar surface area (TPSA) is 97.1 Å². The van der Waals surface area contributed by atoms with E-state index >= 15 is 0 Å². The van der Waals surface area contributed by atoms with Crippen molar-refractivity contribution in [1.82, 2.24) is 9.21 Å². The monoisotopic (exact) mass is 456 g/mol. The second-order valence-corrected chi connectivity index (χ2v) is 9.62. The first kappa shape index (κ1) is 22.2. The molecule has 3 aromatic rings. The number of hydrogen-bond acceptors (Lipinski definition) is 7. The highest BCUT2D eigenvalue weighted by molar-refractivity contribution is 7.89. The SMILES string of the molecule is Cc1ccc(S(=O)(=O)N2CCN(CCOC(=O)c3cc4ccccc4oc3=O)CC2)cc1. The molecular formula is C23H24N2O6S. The molecule has 1 fully saturated rings. The number of benzene rings is 2. The Morgan fingerprint density at radius 1 is 1.03 bits per heavy atom. The number of piperazine rings is 1. The van der Waals surface area contributed by atoms with E-state index in [1.54, 1.807) is 48.5 Å². The van der Waals surface area contributed by atoms with E-state index < -0.39 is 21.6 Å². The highest BCUT2D eigenvalue weighted by Crippen LogP contribution is 2.18. The quantitative estimate of drug-likeness (QED) is 0.415. The molecule has 1 aromatic heterocycles. The normalized spacial score (nSPS) is 15.7. The van der Waals surface area contributed by atoms with Crippen molar-refractivity contribution in [2.75, 3.05) is 39.3 Å². The second kappa shape index (κ2) is 9.23. The molecule has 0 N–H and O–H groups in total. The predicted molar refractivity (Wildman–Crippen MR) is 119 cm³/mol. The third kappa shape index (κ3) is 4.74. The van der Waals surface area contributed by atoms with Crippen LogP contribution in [0.5, 0.6) is 0 Å². The van der Waals surface area contributed by atoms with Gasteiger partial charge in [0.1, 0.15) is 17.8 Å². The summed E-state index contributed by atoms with van der Waals surface area (Å²) in [7, 11) is -3.52. The van der Waals surface area contributed by atoms with Gasteiger partial charge in [0.15, 0.2) is 0 Å². The summed E-state index contributed by atoms with van der Waals surface area (Å²) in [5.41, 5.74) is 0.540. The minimum atomic E-state index is -3.52. The van der Waals surface area contributed by atoms with Crippen LogP contribution in [0.1, 0.15) is 15.9 Å². The Kier molecular flexibility index (Phi) is 6.40. The summed E-state index contributed by atoms with van der Waals surface area (Å²) in [6.45, 7) is 4.23. The molecule has 8 nitrogen and oxygen atoms in total. The van der Waals surface area contributed by atoms with Gasteiger partial charge in [-0.2, -0.15) is 4.31 Å². The van der Waals surface area contributed by atoms with Crippen molar-refractivity contribution in [2.24, 2.45) is 0 Å².